The molecular weight excluding hydrogens is 356 g/mol. The van der Waals surface area contributed by atoms with Crippen LogP contribution in [0.25, 0.3) is 0 Å². The molecule has 0 fully saturated rings. The number of rotatable bonds is 5. The van der Waals surface area contributed by atoms with Crippen LogP contribution < -0.4 is 10.1 Å². The third-order valence-corrected chi connectivity index (χ3v) is 3.58. The first-order valence-corrected chi connectivity index (χ1v) is 7.20. The van der Waals surface area contributed by atoms with Crippen LogP contribution in [0.1, 0.15) is 12.5 Å². The smallest absolute Gasteiger partial charge is 0.140 e. The molecule has 0 saturated heterocycles. The molecule has 0 heterocycles. The Morgan fingerprint density at radius 3 is 2.58 bits per heavy atom. The van der Waals surface area contributed by atoms with E-state index in [9.17, 15) is 4.39 Å². The Kier molecular flexibility index (Phi) is 5.15. The van der Waals surface area contributed by atoms with Crippen molar-refractivity contribution in [1.82, 2.24) is 5.32 Å². The van der Waals surface area contributed by atoms with Crippen molar-refractivity contribution in [3.05, 3.63) is 57.4 Å². The van der Waals surface area contributed by atoms with Crippen molar-refractivity contribution in [2.45, 2.75) is 13.5 Å². The highest BCUT2D eigenvalue weighted by molar-refractivity contribution is 14.1. The zero-order valence-electron chi connectivity index (χ0n) is 10.6. The second kappa shape index (κ2) is 6.86. The number of para-hydroxylation sites is 1. The minimum absolute atomic E-state index is 0.246. The SMILES string of the molecule is CCNCc1c(F)cccc1Oc1ccccc1I. The first kappa shape index (κ1) is 14.3. The number of hydrogen-bond donors (Lipinski definition) is 1. The molecule has 2 aromatic carbocycles. The lowest BCUT2D eigenvalue weighted by molar-refractivity contribution is 0.460. The van der Waals surface area contributed by atoms with Gasteiger partial charge >= 0.3 is 0 Å². The summed E-state index contributed by atoms with van der Waals surface area (Å²) < 4.78 is 20.7. The zero-order valence-corrected chi connectivity index (χ0v) is 12.8. The van der Waals surface area contributed by atoms with Gasteiger partial charge in [-0.1, -0.05) is 25.1 Å². The topological polar surface area (TPSA) is 21.3 Å². The molecule has 19 heavy (non-hydrogen) atoms. The molecule has 0 spiro atoms. The molecule has 0 aliphatic carbocycles. The van der Waals surface area contributed by atoms with Crippen molar-refractivity contribution in [3.63, 3.8) is 0 Å². The second-order valence-corrected chi connectivity index (χ2v) is 5.19. The molecule has 0 saturated carbocycles. The van der Waals surface area contributed by atoms with Crippen molar-refractivity contribution in [2.24, 2.45) is 0 Å². The van der Waals surface area contributed by atoms with Gasteiger partial charge in [-0.3, -0.25) is 0 Å². The molecule has 0 aliphatic heterocycles. The predicted octanol–water partition coefficient (Wildman–Crippen LogP) is 4.33. The molecular formula is C15H15FINO. The highest BCUT2D eigenvalue weighted by atomic mass is 127. The number of hydrogen-bond acceptors (Lipinski definition) is 2. The average molecular weight is 371 g/mol. The summed E-state index contributed by atoms with van der Waals surface area (Å²) in [5.41, 5.74) is 0.559. The van der Waals surface area contributed by atoms with Gasteiger partial charge in [-0.05, 0) is 53.4 Å². The summed E-state index contributed by atoms with van der Waals surface area (Å²) in [6.07, 6.45) is 0. The zero-order chi connectivity index (χ0) is 13.7. The van der Waals surface area contributed by atoms with E-state index >= 15 is 0 Å². The molecule has 0 aromatic heterocycles. The van der Waals surface area contributed by atoms with Gasteiger partial charge in [0.05, 0.1) is 3.57 Å². The van der Waals surface area contributed by atoms with E-state index in [-0.39, 0.29) is 5.82 Å². The Balaban J connectivity index is 2.29. The van der Waals surface area contributed by atoms with Gasteiger partial charge in [0.2, 0.25) is 0 Å². The minimum atomic E-state index is -0.246. The van der Waals surface area contributed by atoms with E-state index in [2.05, 4.69) is 27.9 Å². The minimum Gasteiger partial charge on any atom is -0.456 e. The van der Waals surface area contributed by atoms with Crippen molar-refractivity contribution < 1.29 is 9.13 Å². The van der Waals surface area contributed by atoms with Gasteiger partial charge in [0, 0.05) is 12.1 Å². The first-order valence-electron chi connectivity index (χ1n) is 6.13. The summed E-state index contributed by atoms with van der Waals surface area (Å²) in [4.78, 5) is 0. The third kappa shape index (κ3) is 3.67. The Bertz CT molecular complexity index is 560. The van der Waals surface area contributed by atoms with Crippen LogP contribution in [0.3, 0.4) is 0 Å². The lowest BCUT2D eigenvalue weighted by Gasteiger charge is -2.13. The Hall–Kier alpha value is -1.14. The number of halogens is 2. The third-order valence-electron chi connectivity index (χ3n) is 2.68. The lowest BCUT2D eigenvalue weighted by Crippen LogP contribution is -2.13. The van der Waals surface area contributed by atoms with Crippen LogP contribution in [-0.2, 0) is 6.54 Å². The van der Waals surface area contributed by atoms with Crippen LogP contribution in [0.2, 0.25) is 0 Å². The van der Waals surface area contributed by atoms with Crippen LogP contribution in [0.4, 0.5) is 4.39 Å². The molecule has 0 amide bonds. The van der Waals surface area contributed by atoms with Gasteiger partial charge in [-0.15, -0.1) is 0 Å². The van der Waals surface area contributed by atoms with Crippen LogP contribution in [0.5, 0.6) is 11.5 Å². The number of nitrogens with one attached hydrogen (secondary N) is 1. The largest absolute Gasteiger partial charge is 0.456 e. The predicted molar refractivity (Wildman–Crippen MR) is 83.0 cm³/mol. The molecule has 0 atom stereocenters. The summed E-state index contributed by atoms with van der Waals surface area (Å²) in [5.74, 6) is 1.06. The normalized spacial score (nSPS) is 10.5. The van der Waals surface area contributed by atoms with E-state index in [0.29, 0.717) is 17.9 Å². The van der Waals surface area contributed by atoms with Crippen molar-refractivity contribution in [1.29, 1.82) is 0 Å². The van der Waals surface area contributed by atoms with E-state index in [1.54, 1.807) is 12.1 Å². The Morgan fingerprint density at radius 1 is 1.11 bits per heavy atom. The van der Waals surface area contributed by atoms with Gasteiger partial charge in [-0.25, -0.2) is 4.39 Å². The van der Waals surface area contributed by atoms with Crippen LogP contribution in [0.15, 0.2) is 42.5 Å². The highest BCUT2D eigenvalue weighted by Crippen LogP contribution is 2.30. The maximum Gasteiger partial charge on any atom is 0.140 e. The molecule has 2 aromatic rings. The molecule has 0 unspecified atom stereocenters. The van der Waals surface area contributed by atoms with Crippen molar-refractivity contribution in [3.8, 4) is 11.5 Å². The quantitative estimate of drug-likeness (QED) is 0.790. The highest BCUT2D eigenvalue weighted by Gasteiger charge is 2.11. The maximum atomic E-state index is 13.9. The van der Waals surface area contributed by atoms with Gasteiger partial charge in [0.25, 0.3) is 0 Å². The van der Waals surface area contributed by atoms with Crippen LogP contribution in [-0.4, -0.2) is 6.54 Å². The van der Waals surface area contributed by atoms with Crippen molar-refractivity contribution in [2.75, 3.05) is 6.54 Å². The number of ether oxygens (including phenoxy) is 1. The Labute approximate surface area is 126 Å². The molecule has 0 radical (unpaired) electrons. The van der Waals surface area contributed by atoms with E-state index in [4.69, 9.17) is 4.74 Å². The maximum absolute atomic E-state index is 13.9. The summed E-state index contributed by atoms with van der Waals surface area (Å²) in [6, 6.07) is 12.6. The standard InChI is InChI=1S/C15H15FINO/c1-2-18-10-11-12(16)6-5-9-14(11)19-15-8-4-3-7-13(15)17/h3-9,18H,2,10H2,1H3. The van der Waals surface area contributed by atoms with Gasteiger partial charge in [0.1, 0.15) is 17.3 Å². The molecule has 100 valence electrons. The van der Waals surface area contributed by atoms with Crippen molar-refractivity contribution >= 4 is 22.6 Å². The Morgan fingerprint density at radius 2 is 1.84 bits per heavy atom. The molecule has 4 heteroatoms. The van der Waals surface area contributed by atoms with E-state index in [0.717, 1.165) is 15.9 Å². The molecule has 0 bridgehead atoms. The van der Waals surface area contributed by atoms with E-state index in [1.165, 1.54) is 6.07 Å². The fraction of sp³-hybridized carbons (Fsp3) is 0.200. The van der Waals surface area contributed by atoms with Crippen LogP contribution in [0, 0.1) is 9.39 Å². The second-order valence-electron chi connectivity index (χ2n) is 4.03. The monoisotopic (exact) mass is 371 g/mol. The summed E-state index contributed by atoms with van der Waals surface area (Å²) in [5, 5.41) is 3.12. The van der Waals surface area contributed by atoms with Crippen LogP contribution >= 0.6 is 22.6 Å². The van der Waals surface area contributed by atoms with Gasteiger partial charge in [0.15, 0.2) is 0 Å². The summed E-state index contributed by atoms with van der Waals surface area (Å²) in [7, 11) is 0. The van der Waals surface area contributed by atoms with Gasteiger partial charge < -0.3 is 10.1 Å². The molecule has 2 nitrogen and oxygen atoms in total. The van der Waals surface area contributed by atoms with E-state index in [1.807, 2.05) is 31.2 Å². The van der Waals surface area contributed by atoms with E-state index < -0.39 is 0 Å². The number of benzene rings is 2. The van der Waals surface area contributed by atoms with Gasteiger partial charge in [-0.2, -0.15) is 0 Å². The fourth-order valence-corrected chi connectivity index (χ4v) is 2.20. The molecule has 2 rings (SSSR count). The fourth-order valence-electron chi connectivity index (χ4n) is 1.70. The molecule has 1 N–H and O–H groups in total. The summed E-state index contributed by atoms with van der Waals surface area (Å²) in [6.45, 7) is 3.24. The molecule has 0 aliphatic rings. The average Bonchev–Trinajstić information content (AvgIpc) is 2.41. The first-order chi connectivity index (χ1) is 9.22. The lowest BCUT2D eigenvalue weighted by atomic mass is 10.2. The summed E-state index contributed by atoms with van der Waals surface area (Å²) >= 11 is 2.20.